The normalized spacial score (nSPS) is 10.3. The van der Waals surface area contributed by atoms with Crippen LogP contribution in [0.5, 0.6) is 0 Å². The molecule has 0 bridgehead atoms. The molecule has 2 rings (SSSR count). The van der Waals surface area contributed by atoms with Crippen LogP contribution in [0.3, 0.4) is 0 Å². The van der Waals surface area contributed by atoms with E-state index < -0.39 is 4.92 Å². The van der Waals surface area contributed by atoms with Gasteiger partial charge in [-0.1, -0.05) is 0 Å². The van der Waals surface area contributed by atoms with E-state index in [-0.39, 0.29) is 5.69 Å². The predicted molar refractivity (Wildman–Crippen MR) is 69.2 cm³/mol. The Morgan fingerprint density at radius 2 is 2.33 bits per heavy atom. The number of aromatic amines is 1. The molecule has 0 aliphatic rings. The molecule has 2 aromatic heterocycles. The molecule has 8 heteroatoms. The second kappa shape index (κ2) is 5.13. The van der Waals surface area contributed by atoms with Crippen molar-refractivity contribution < 1.29 is 4.92 Å². The molecule has 0 aromatic carbocycles. The summed E-state index contributed by atoms with van der Waals surface area (Å²) >= 11 is 3.31. The van der Waals surface area contributed by atoms with Gasteiger partial charge in [-0.25, -0.2) is 4.98 Å². The molecular weight excluding hydrogens is 302 g/mol. The Kier molecular flexibility index (Phi) is 3.56. The van der Waals surface area contributed by atoms with Crippen molar-refractivity contribution in [1.82, 2.24) is 15.2 Å². The van der Waals surface area contributed by atoms with Gasteiger partial charge in [-0.2, -0.15) is 5.10 Å². The van der Waals surface area contributed by atoms with Gasteiger partial charge in [-0.05, 0) is 22.9 Å². The zero-order chi connectivity index (χ0) is 13.1. The number of nitro groups is 1. The third-order valence-electron chi connectivity index (χ3n) is 2.45. The summed E-state index contributed by atoms with van der Waals surface area (Å²) < 4.78 is 0.597. The Morgan fingerprint density at radius 1 is 1.56 bits per heavy atom. The van der Waals surface area contributed by atoms with Crippen molar-refractivity contribution in [3.63, 3.8) is 0 Å². The molecule has 0 saturated carbocycles. The number of pyridine rings is 1. The number of H-pyrrole nitrogens is 1. The first-order valence-electron chi connectivity index (χ1n) is 5.10. The number of nitrogens with zero attached hydrogens (tertiary/aromatic N) is 3. The van der Waals surface area contributed by atoms with Crippen molar-refractivity contribution in [2.75, 3.05) is 5.32 Å². The summed E-state index contributed by atoms with van der Waals surface area (Å²) in [6.45, 7) is 2.21. The van der Waals surface area contributed by atoms with Crippen molar-refractivity contribution in [1.29, 1.82) is 0 Å². The molecule has 0 spiro atoms. The number of hydrogen-bond acceptors (Lipinski definition) is 5. The zero-order valence-corrected chi connectivity index (χ0v) is 11.1. The van der Waals surface area contributed by atoms with E-state index in [4.69, 9.17) is 0 Å². The quantitative estimate of drug-likeness (QED) is 0.667. The average molecular weight is 312 g/mol. The van der Waals surface area contributed by atoms with E-state index in [1.54, 1.807) is 19.3 Å². The Balaban J connectivity index is 2.19. The number of nitrogens with one attached hydrogen (secondary N) is 2. The van der Waals surface area contributed by atoms with Gasteiger partial charge in [0.25, 0.3) is 5.69 Å². The van der Waals surface area contributed by atoms with E-state index in [0.29, 0.717) is 22.4 Å². The maximum atomic E-state index is 10.7. The summed E-state index contributed by atoms with van der Waals surface area (Å²) in [5, 5.41) is 20.4. The first-order valence-corrected chi connectivity index (χ1v) is 5.90. The summed E-state index contributed by atoms with van der Waals surface area (Å²) in [5.74, 6) is 0.569. The van der Waals surface area contributed by atoms with Gasteiger partial charge in [0.05, 0.1) is 15.6 Å². The Morgan fingerprint density at radius 3 is 2.94 bits per heavy atom. The summed E-state index contributed by atoms with van der Waals surface area (Å²) in [4.78, 5) is 14.3. The van der Waals surface area contributed by atoms with E-state index in [2.05, 4.69) is 36.4 Å². The molecule has 0 unspecified atom stereocenters. The largest absolute Gasteiger partial charge is 0.365 e. The molecule has 2 heterocycles. The fraction of sp³-hybridized carbons (Fsp3) is 0.200. The summed E-state index contributed by atoms with van der Waals surface area (Å²) in [6.07, 6.45) is 4.70. The molecule has 0 saturated heterocycles. The third-order valence-corrected chi connectivity index (χ3v) is 3.42. The van der Waals surface area contributed by atoms with Crippen molar-refractivity contribution in [2.24, 2.45) is 0 Å². The van der Waals surface area contributed by atoms with Crippen molar-refractivity contribution in [3.05, 3.63) is 44.3 Å². The lowest BCUT2D eigenvalue weighted by Crippen LogP contribution is -2.03. The number of halogens is 1. The second-order valence-corrected chi connectivity index (χ2v) is 4.44. The van der Waals surface area contributed by atoms with Gasteiger partial charge >= 0.3 is 0 Å². The highest BCUT2D eigenvalue weighted by atomic mass is 79.9. The highest BCUT2D eigenvalue weighted by molar-refractivity contribution is 9.10. The lowest BCUT2D eigenvalue weighted by atomic mass is 10.2. The SMILES string of the molecule is Cc1c([N+](=O)[O-])cnc(NCc2cn[nH]c2)c1Br. The Bertz CT molecular complexity index is 570. The molecule has 0 aliphatic heterocycles. The molecule has 0 amide bonds. The van der Waals surface area contributed by atoms with Gasteiger partial charge < -0.3 is 5.32 Å². The van der Waals surface area contributed by atoms with Gasteiger partial charge in [-0.3, -0.25) is 15.2 Å². The predicted octanol–water partition coefficient (Wildman–Crippen LogP) is 2.40. The van der Waals surface area contributed by atoms with Crippen LogP contribution in [0.2, 0.25) is 0 Å². The lowest BCUT2D eigenvalue weighted by molar-refractivity contribution is -0.385. The van der Waals surface area contributed by atoms with E-state index in [1.807, 2.05) is 0 Å². The van der Waals surface area contributed by atoms with Crippen molar-refractivity contribution in [3.8, 4) is 0 Å². The van der Waals surface area contributed by atoms with Crippen molar-refractivity contribution in [2.45, 2.75) is 13.5 Å². The first-order chi connectivity index (χ1) is 8.59. The smallest absolute Gasteiger partial charge is 0.291 e. The number of hydrogen-bond donors (Lipinski definition) is 2. The topological polar surface area (TPSA) is 96.7 Å². The second-order valence-electron chi connectivity index (χ2n) is 3.65. The minimum atomic E-state index is -0.451. The summed E-state index contributed by atoms with van der Waals surface area (Å²) in [7, 11) is 0. The monoisotopic (exact) mass is 311 g/mol. The van der Waals surface area contributed by atoms with Gasteiger partial charge in [-0.15, -0.1) is 0 Å². The number of aromatic nitrogens is 3. The van der Waals surface area contributed by atoms with Gasteiger partial charge in [0.1, 0.15) is 12.0 Å². The lowest BCUT2D eigenvalue weighted by Gasteiger charge is -2.08. The highest BCUT2D eigenvalue weighted by Crippen LogP contribution is 2.30. The fourth-order valence-corrected chi connectivity index (χ4v) is 1.88. The van der Waals surface area contributed by atoms with Crippen LogP contribution in [0, 0.1) is 17.0 Å². The third kappa shape index (κ3) is 2.48. The van der Waals surface area contributed by atoms with Gasteiger partial charge in [0.15, 0.2) is 0 Å². The molecule has 2 aromatic rings. The molecule has 18 heavy (non-hydrogen) atoms. The van der Waals surface area contributed by atoms with Crippen LogP contribution in [0.25, 0.3) is 0 Å². The molecule has 0 atom stereocenters. The Hall–Kier alpha value is -1.96. The molecule has 0 fully saturated rings. The first kappa shape index (κ1) is 12.5. The fourth-order valence-electron chi connectivity index (χ4n) is 1.44. The maximum absolute atomic E-state index is 10.7. The summed E-state index contributed by atoms with van der Waals surface area (Å²) in [5.41, 5.74) is 1.51. The van der Waals surface area contributed by atoms with Gasteiger partial charge in [0.2, 0.25) is 0 Å². The molecule has 94 valence electrons. The molecular formula is C10H10BrN5O2. The summed E-state index contributed by atoms with van der Waals surface area (Å²) in [6, 6.07) is 0. The van der Waals surface area contributed by atoms with Crippen LogP contribution in [0.1, 0.15) is 11.1 Å². The number of anilines is 1. The van der Waals surface area contributed by atoms with E-state index in [1.165, 1.54) is 6.20 Å². The van der Waals surface area contributed by atoms with Crippen LogP contribution >= 0.6 is 15.9 Å². The average Bonchev–Trinajstić information content (AvgIpc) is 2.83. The Labute approximate surface area is 111 Å². The van der Waals surface area contributed by atoms with Crippen LogP contribution in [0.4, 0.5) is 11.5 Å². The minimum Gasteiger partial charge on any atom is -0.365 e. The van der Waals surface area contributed by atoms with Gasteiger partial charge in [0, 0.05) is 23.9 Å². The van der Waals surface area contributed by atoms with Crippen LogP contribution in [-0.4, -0.2) is 20.1 Å². The highest BCUT2D eigenvalue weighted by Gasteiger charge is 2.16. The molecule has 2 N–H and O–H groups in total. The minimum absolute atomic E-state index is 0.00395. The molecule has 7 nitrogen and oxygen atoms in total. The van der Waals surface area contributed by atoms with Crippen molar-refractivity contribution >= 4 is 27.4 Å². The molecule has 0 aliphatic carbocycles. The van der Waals surface area contributed by atoms with E-state index >= 15 is 0 Å². The van der Waals surface area contributed by atoms with Crippen LogP contribution < -0.4 is 5.32 Å². The number of rotatable bonds is 4. The van der Waals surface area contributed by atoms with Crippen LogP contribution in [0.15, 0.2) is 23.1 Å². The van der Waals surface area contributed by atoms with E-state index in [9.17, 15) is 10.1 Å². The maximum Gasteiger partial charge on any atom is 0.291 e. The zero-order valence-electron chi connectivity index (χ0n) is 9.48. The standard InChI is InChI=1S/C10H10BrN5O2/c1-6-8(16(17)18)5-13-10(9(6)11)12-2-7-3-14-15-4-7/h3-5H,2H2,1H3,(H,12,13)(H,14,15). The molecule has 0 radical (unpaired) electrons. The van der Waals surface area contributed by atoms with Crippen LogP contribution in [-0.2, 0) is 6.54 Å². The van der Waals surface area contributed by atoms with E-state index in [0.717, 1.165) is 5.56 Å².